The lowest BCUT2D eigenvalue weighted by Crippen LogP contribution is -2.10. The molecule has 112 valence electrons. The van der Waals surface area contributed by atoms with E-state index in [-0.39, 0.29) is 0 Å². The van der Waals surface area contributed by atoms with Gasteiger partial charge in [-0.15, -0.1) is 0 Å². The van der Waals surface area contributed by atoms with Crippen LogP contribution in [-0.4, -0.2) is 9.78 Å². The molecule has 0 amide bonds. The first-order valence-electron chi connectivity index (χ1n) is 7.73. The summed E-state index contributed by atoms with van der Waals surface area (Å²) in [7, 11) is 1.90. The van der Waals surface area contributed by atoms with Crippen molar-refractivity contribution >= 4 is 17.4 Å². The number of rotatable bonds is 3. The van der Waals surface area contributed by atoms with E-state index in [1.807, 2.05) is 31.3 Å². The van der Waals surface area contributed by atoms with Crippen molar-refractivity contribution in [1.29, 1.82) is 0 Å². The molecule has 0 unspecified atom stereocenters. The van der Waals surface area contributed by atoms with Gasteiger partial charge in [0, 0.05) is 23.2 Å². The maximum atomic E-state index is 6.36. The van der Waals surface area contributed by atoms with Gasteiger partial charge in [0.1, 0.15) is 5.82 Å². The number of nitrogen functional groups attached to an aromatic ring is 1. The van der Waals surface area contributed by atoms with E-state index < -0.39 is 0 Å². The zero-order chi connectivity index (χ0) is 14.8. The van der Waals surface area contributed by atoms with Gasteiger partial charge in [-0.2, -0.15) is 5.10 Å². The first-order chi connectivity index (χ1) is 10.2. The number of aromatic nitrogens is 2. The maximum absolute atomic E-state index is 6.36. The predicted molar refractivity (Wildman–Crippen MR) is 88.3 cm³/mol. The second kappa shape index (κ2) is 6.10. The summed E-state index contributed by atoms with van der Waals surface area (Å²) in [6.07, 6.45) is 7.67. The number of benzene rings is 1. The minimum atomic E-state index is 0.703. The minimum absolute atomic E-state index is 0.703. The number of nitrogens with zero attached hydrogens (tertiary/aromatic N) is 2. The summed E-state index contributed by atoms with van der Waals surface area (Å²) in [5.41, 5.74) is 9.36. The van der Waals surface area contributed by atoms with E-state index in [0.29, 0.717) is 5.82 Å². The Morgan fingerprint density at radius 2 is 1.95 bits per heavy atom. The van der Waals surface area contributed by atoms with Gasteiger partial charge in [0.2, 0.25) is 0 Å². The van der Waals surface area contributed by atoms with Crippen molar-refractivity contribution in [2.45, 2.75) is 38.5 Å². The van der Waals surface area contributed by atoms with Crippen LogP contribution < -0.4 is 5.73 Å². The van der Waals surface area contributed by atoms with Gasteiger partial charge in [-0.25, -0.2) is 0 Å². The highest BCUT2D eigenvalue weighted by Gasteiger charge is 2.22. The molecule has 1 aliphatic carbocycles. The fraction of sp³-hybridized carbons (Fsp3) is 0.471. The summed E-state index contributed by atoms with van der Waals surface area (Å²) in [5, 5.41) is 5.39. The highest BCUT2D eigenvalue weighted by molar-refractivity contribution is 6.33. The van der Waals surface area contributed by atoms with E-state index >= 15 is 0 Å². The van der Waals surface area contributed by atoms with E-state index in [4.69, 9.17) is 17.3 Å². The molecule has 1 fully saturated rings. The van der Waals surface area contributed by atoms with Crippen molar-refractivity contribution < 1.29 is 0 Å². The molecule has 3 rings (SSSR count). The summed E-state index contributed by atoms with van der Waals surface area (Å²) in [6, 6.07) is 7.88. The van der Waals surface area contributed by atoms with Gasteiger partial charge < -0.3 is 5.73 Å². The topological polar surface area (TPSA) is 43.8 Å². The van der Waals surface area contributed by atoms with Crippen LogP contribution >= 0.6 is 11.6 Å². The van der Waals surface area contributed by atoms with Crippen LogP contribution in [0.15, 0.2) is 24.3 Å². The van der Waals surface area contributed by atoms with Gasteiger partial charge in [0.25, 0.3) is 0 Å². The van der Waals surface area contributed by atoms with E-state index in [1.54, 1.807) is 4.68 Å². The average molecular weight is 304 g/mol. The van der Waals surface area contributed by atoms with Crippen LogP contribution in [0.25, 0.3) is 11.1 Å². The summed E-state index contributed by atoms with van der Waals surface area (Å²) >= 11 is 6.36. The number of hydrogen-bond acceptors (Lipinski definition) is 2. The van der Waals surface area contributed by atoms with Crippen LogP contribution in [0.4, 0.5) is 5.82 Å². The third kappa shape index (κ3) is 2.93. The summed E-state index contributed by atoms with van der Waals surface area (Å²) in [5.74, 6) is 1.43. The second-order valence-corrected chi connectivity index (χ2v) is 6.43. The van der Waals surface area contributed by atoms with Gasteiger partial charge in [0.05, 0.1) is 5.69 Å². The Balaban J connectivity index is 1.97. The first-order valence-corrected chi connectivity index (χ1v) is 8.11. The largest absolute Gasteiger partial charge is 0.383 e. The Hall–Kier alpha value is -1.48. The Morgan fingerprint density at radius 1 is 1.24 bits per heavy atom. The molecule has 1 aromatic carbocycles. The molecule has 0 radical (unpaired) electrons. The van der Waals surface area contributed by atoms with E-state index in [2.05, 4.69) is 5.10 Å². The van der Waals surface area contributed by atoms with Crippen LogP contribution in [0, 0.1) is 5.92 Å². The zero-order valence-electron chi connectivity index (χ0n) is 12.5. The molecule has 2 aromatic rings. The van der Waals surface area contributed by atoms with Crippen molar-refractivity contribution in [2.75, 3.05) is 5.73 Å². The number of nitrogens with two attached hydrogens (primary N) is 1. The molecule has 0 saturated heterocycles. The Kier molecular flexibility index (Phi) is 4.20. The predicted octanol–water partition coefficient (Wildman–Crippen LogP) is 4.45. The van der Waals surface area contributed by atoms with Crippen LogP contribution in [-0.2, 0) is 13.5 Å². The average Bonchev–Trinajstić information content (AvgIpc) is 2.76. The van der Waals surface area contributed by atoms with E-state index in [0.717, 1.165) is 34.2 Å². The quantitative estimate of drug-likeness (QED) is 0.910. The second-order valence-electron chi connectivity index (χ2n) is 6.02. The van der Waals surface area contributed by atoms with Gasteiger partial charge in [-0.1, -0.05) is 61.9 Å². The number of aryl methyl sites for hydroxylation is 1. The Morgan fingerprint density at radius 3 is 2.67 bits per heavy atom. The maximum Gasteiger partial charge on any atom is 0.129 e. The minimum Gasteiger partial charge on any atom is -0.383 e. The van der Waals surface area contributed by atoms with Crippen molar-refractivity contribution in [3.63, 3.8) is 0 Å². The lowest BCUT2D eigenvalue weighted by atomic mass is 9.85. The van der Waals surface area contributed by atoms with Crippen molar-refractivity contribution in [3.05, 3.63) is 35.0 Å². The molecule has 1 aliphatic rings. The molecule has 1 saturated carbocycles. The van der Waals surface area contributed by atoms with Crippen LogP contribution in [0.1, 0.15) is 37.8 Å². The molecular formula is C17H22ClN3. The van der Waals surface area contributed by atoms with Gasteiger partial charge in [-0.05, 0) is 18.4 Å². The molecule has 0 bridgehead atoms. The molecule has 1 aromatic heterocycles. The van der Waals surface area contributed by atoms with Gasteiger partial charge >= 0.3 is 0 Å². The lowest BCUT2D eigenvalue weighted by molar-refractivity contribution is 0.354. The molecule has 0 atom stereocenters. The Bertz CT molecular complexity index is 627. The smallest absolute Gasteiger partial charge is 0.129 e. The molecule has 21 heavy (non-hydrogen) atoms. The SMILES string of the molecule is Cn1nc(CC2CCCCC2)c(-c2ccccc2Cl)c1N. The zero-order valence-corrected chi connectivity index (χ0v) is 13.2. The monoisotopic (exact) mass is 303 g/mol. The molecule has 2 N–H and O–H groups in total. The molecule has 0 spiro atoms. The molecule has 0 aliphatic heterocycles. The van der Waals surface area contributed by atoms with Crippen LogP contribution in [0.2, 0.25) is 5.02 Å². The third-order valence-electron chi connectivity index (χ3n) is 4.51. The molecule has 3 nitrogen and oxygen atoms in total. The van der Waals surface area contributed by atoms with Gasteiger partial charge in [0.15, 0.2) is 0 Å². The highest BCUT2D eigenvalue weighted by Crippen LogP contribution is 2.37. The molecular weight excluding hydrogens is 282 g/mol. The number of anilines is 1. The number of hydrogen-bond donors (Lipinski definition) is 1. The standard InChI is InChI=1S/C17H22ClN3/c1-21-17(19)16(13-9-5-6-10-14(13)18)15(20-21)11-12-7-3-2-4-8-12/h5-6,9-10,12H,2-4,7-8,11,19H2,1H3. The highest BCUT2D eigenvalue weighted by atomic mass is 35.5. The summed E-state index contributed by atoms with van der Waals surface area (Å²) < 4.78 is 1.77. The van der Waals surface area contributed by atoms with Gasteiger partial charge in [-0.3, -0.25) is 4.68 Å². The van der Waals surface area contributed by atoms with Crippen LogP contribution in [0.5, 0.6) is 0 Å². The third-order valence-corrected chi connectivity index (χ3v) is 4.84. The number of halogens is 1. The molecule has 4 heteroatoms. The first kappa shape index (κ1) is 14.5. The normalized spacial score (nSPS) is 16.3. The van der Waals surface area contributed by atoms with E-state index in [9.17, 15) is 0 Å². The Labute approximate surface area is 131 Å². The van der Waals surface area contributed by atoms with Crippen molar-refractivity contribution in [1.82, 2.24) is 9.78 Å². The van der Waals surface area contributed by atoms with Crippen LogP contribution in [0.3, 0.4) is 0 Å². The molecule has 1 heterocycles. The van der Waals surface area contributed by atoms with Crippen molar-refractivity contribution in [2.24, 2.45) is 13.0 Å². The fourth-order valence-corrected chi connectivity index (χ4v) is 3.59. The fourth-order valence-electron chi connectivity index (χ4n) is 3.36. The van der Waals surface area contributed by atoms with E-state index in [1.165, 1.54) is 32.1 Å². The summed E-state index contributed by atoms with van der Waals surface area (Å²) in [4.78, 5) is 0. The lowest BCUT2D eigenvalue weighted by Gasteiger charge is -2.21. The van der Waals surface area contributed by atoms with Crippen molar-refractivity contribution in [3.8, 4) is 11.1 Å². The summed E-state index contributed by atoms with van der Waals surface area (Å²) in [6.45, 7) is 0.